The maximum Gasteiger partial charge on any atom is 0.325 e. The lowest BCUT2D eigenvalue weighted by molar-refractivity contribution is -0.141. The molecule has 0 bridgehead atoms. The number of ketones is 1. The summed E-state index contributed by atoms with van der Waals surface area (Å²) >= 11 is 0. The largest absolute Gasteiger partial charge is 0.456 e. The molecule has 0 aliphatic heterocycles. The van der Waals surface area contributed by atoms with Crippen LogP contribution in [0.2, 0.25) is 0 Å². The van der Waals surface area contributed by atoms with Gasteiger partial charge in [-0.1, -0.05) is 51.5 Å². The molecular weight excluding hydrogens is 444 g/mol. The molecule has 0 spiro atoms. The SMILES string of the molecule is CCCc1ccc(C(=O)COC(=O)CNC(=O)c2ccc(S(=O)(=O)N(CC)CC)cc2)cc1. The van der Waals surface area contributed by atoms with E-state index in [1.165, 1.54) is 28.6 Å². The van der Waals surface area contributed by atoms with Gasteiger partial charge in [0.05, 0.1) is 4.90 Å². The summed E-state index contributed by atoms with van der Waals surface area (Å²) in [5.41, 5.74) is 1.78. The highest BCUT2D eigenvalue weighted by atomic mass is 32.2. The van der Waals surface area contributed by atoms with Crippen LogP contribution in [0.3, 0.4) is 0 Å². The molecule has 178 valence electrons. The standard InChI is InChI=1S/C24H30N2O6S/c1-4-7-18-8-10-19(11-9-18)22(27)17-32-23(28)16-25-24(29)20-12-14-21(15-13-20)33(30,31)26(5-2)6-3/h8-15H,4-7,16-17H2,1-3H3,(H,25,29). The number of hydrogen-bond donors (Lipinski definition) is 1. The molecule has 0 aliphatic rings. The molecule has 33 heavy (non-hydrogen) atoms. The van der Waals surface area contributed by atoms with Crippen LogP contribution in [0.4, 0.5) is 0 Å². The fourth-order valence-corrected chi connectivity index (χ4v) is 4.63. The maximum atomic E-state index is 12.5. The van der Waals surface area contributed by atoms with Crippen molar-refractivity contribution in [3.8, 4) is 0 Å². The number of aryl methyl sites for hydroxylation is 1. The molecule has 2 rings (SSSR count). The second-order valence-electron chi connectivity index (χ2n) is 7.33. The third kappa shape index (κ3) is 7.23. The first-order chi connectivity index (χ1) is 15.7. The van der Waals surface area contributed by atoms with E-state index < -0.39 is 35.1 Å². The molecule has 0 saturated carbocycles. The Kier molecular flexibility index (Phi) is 9.74. The average Bonchev–Trinajstić information content (AvgIpc) is 2.82. The van der Waals surface area contributed by atoms with E-state index >= 15 is 0 Å². The van der Waals surface area contributed by atoms with Crippen molar-refractivity contribution in [1.29, 1.82) is 0 Å². The Morgan fingerprint density at radius 2 is 1.45 bits per heavy atom. The van der Waals surface area contributed by atoms with Crippen molar-refractivity contribution in [1.82, 2.24) is 9.62 Å². The normalized spacial score (nSPS) is 11.3. The minimum Gasteiger partial charge on any atom is -0.456 e. The highest BCUT2D eigenvalue weighted by Crippen LogP contribution is 2.16. The first kappa shape index (κ1) is 26.2. The first-order valence-electron chi connectivity index (χ1n) is 10.9. The lowest BCUT2D eigenvalue weighted by Gasteiger charge is -2.18. The fraction of sp³-hybridized carbons (Fsp3) is 0.375. The molecule has 0 aliphatic carbocycles. The Balaban J connectivity index is 1.85. The lowest BCUT2D eigenvalue weighted by atomic mass is 10.1. The third-order valence-corrected chi connectivity index (χ3v) is 7.10. The quantitative estimate of drug-likeness (QED) is 0.374. The van der Waals surface area contributed by atoms with Crippen LogP contribution in [-0.4, -0.2) is 56.6 Å². The van der Waals surface area contributed by atoms with E-state index in [1.54, 1.807) is 26.0 Å². The van der Waals surface area contributed by atoms with Crippen molar-refractivity contribution < 1.29 is 27.5 Å². The van der Waals surface area contributed by atoms with Gasteiger partial charge in [-0.25, -0.2) is 8.42 Å². The predicted octanol–water partition coefficient (Wildman–Crippen LogP) is 2.83. The van der Waals surface area contributed by atoms with Gasteiger partial charge in [-0.3, -0.25) is 14.4 Å². The molecule has 0 atom stereocenters. The van der Waals surface area contributed by atoms with Crippen molar-refractivity contribution in [3.05, 3.63) is 65.2 Å². The summed E-state index contributed by atoms with van der Waals surface area (Å²) < 4.78 is 31.3. The summed E-state index contributed by atoms with van der Waals surface area (Å²) in [4.78, 5) is 36.4. The summed E-state index contributed by atoms with van der Waals surface area (Å²) in [6, 6.07) is 12.6. The zero-order valence-corrected chi connectivity index (χ0v) is 20.0. The Morgan fingerprint density at radius 3 is 2.00 bits per heavy atom. The van der Waals surface area contributed by atoms with Gasteiger partial charge in [0.2, 0.25) is 10.0 Å². The van der Waals surface area contributed by atoms with Crippen molar-refractivity contribution in [2.45, 2.75) is 38.5 Å². The van der Waals surface area contributed by atoms with Crippen LogP contribution in [0.25, 0.3) is 0 Å². The third-order valence-electron chi connectivity index (χ3n) is 5.03. The summed E-state index contributed by atoms with van der Waals surface area (Å²) in [7, 11) is -3.62. The van der Waals surface area contributed by atoms with E-state index in [2.05, 4.69) is 12.2 Å². The molecule has 0 aromatic heterocycles. The van der Waals surface area contributed by atoms with Gasteiger partial charge in [0, 0.05) is 24.2 Å². The van der Waals surface area contributed by atoms with Crippen LogP contribution in [-0.2, 0) is 26.0 Å². The zero-order chi connectivity index (χ0) is 24.4. The topological polar surface area (TPSA) is 110 Å². The van der Waals surface area contributed by atoms with Crippen LogP contribution >= 0.6 is 0 Å². The van der Waals surface area contributed by atoms with E-state index in [9.17, 15) is 22.8 Å². The fourth-order valence-electron chi connectivity index (χ4n) is 3.17. The smallest absolute Gasteiger partial charge is 0.325 e. The number of amides is 1. The first-order valence-corrected chi connectivity index (χ1v) is 12.3. The number of carbonyl (C=O) groups is 3. The number of sulfonamides is 1. The minimum absolute atomic E-state index is 0.0865. The van der Waals surface area contributed by atoms with Gasteiger partial charge in [0.15, 0.2) is 12.4 Å². The van der Waals surface area contributed by atoms with Crippen LogP contribution in [0.15, 0.2) is 53.4 Å². The average molecular weight is 475 g/mol. The van der Waals surface area contributed by atoms with E-state index in [4.69, 9.17) is 4.74 Å². The number of hydrogen-bond acceptors (Lipinski definition) is 6. The Morgan fingerprint density at radius 1 is 0.879 bits per heavy atom. The minimum atomic E-state index is -3.62. The van der Waals surface area contributed by atoms with Crippen molar-refractivity contribution in [2.75, 3.05) is 26.2 Å². The van der Waals surface area contributed by atoms with E-state index in [1.807, 2.05) is 12.1 Å². The number of Topliss-reactive ketones (excluding diaryl/α,β-unsaturated/α-hetero) is 1. The maximum absolute atomic E-state index is 12.5. The summed E-state index contributed by atoms with van der Waals surface area (Å²) in [6.45, 7) is 5.42. The molecule has 1 N–H and O–H groups in total. The van der Waals surface area contributed by atoms with Gasteiger partial charge in [0.25, 0.3) is 5.91 Å². The van der Waals surface area contributed by atoms with Gasteiger partial charge in [-0.15, -0.1) is 0 Å². The second kappa shape index (κ2) is 12.3. The summed E-state index contributed by atoms with van der Waals surface area (Å²) in [6.07, 6.45) is 1.94. The van der Waals surface area contributed by atoms with E-state index in [-0.39, 0.29) is 16.2 Å². The number of carbonyl (C=O) groups excluding carboxylic acids is 3. The number of esters is 1. The highest BCUT2D eigenvalue weighted by Gasteiger charge is 2.21. The van der Waals surface area contributed by atoms with Crippen LogP contribution in [0.5, 0.6) is 0 Å². The van der Waals surface area contributed by atoms with Crippen LogP contribution in [0.1, 0.15) is 53.5 Å². The van der Waals surface area contributed by atoms with E-state index in [0.717, 1.165) is 18.4 Å². The highest BCUT2D eigenvalue weighted by molar-refractivity contribution is 7.89. The molecule has 0 heterocycles. The molecule has 2 aromatic carbocycles. The number of ether oxygens (including phenoxy) is 1. The number of rotatable bonds is 12. The van der Waals surface area contributed by atoms with Gasteiger partial charge in [-0.2, -0.15) is 4.31 Å². The lowest BCUT2D eigenvalue weighted by Crippen LogP contribution is -2.32. The number of nitrogens with zero attached hydrogens (tertiary/aromatic N) is 1. The molecule has 2 aromatic rings. The van der Waals surface area contributed by atoms with Crippen molar-refractivity contribution in [2.24, 2.45) is 0 Å². The molecule has 0 fully saturated rings. The molecule has 0 unspecified atom stereocenters. The van der Waals surface area contributed by atoms with Gasteiger partial charge >= 0.3 is 5.97 Å². The predicted molar refractivity (Wildman–Crippen MR) is 125 cm³/mol. The Hall–Kier alpha value is -3.04. The summed E-state index contributed by atoms with van der Waals surface area (Å²) in [5, 5.41) is 2.40. The molecule has 1 amide bonds. The van der Waals surface area contributed by atoms with Gasteiger partial charge < -0.3 is 10.1 Å². The molecule has 8 nitrogen and oxygen atoms in total. The molecule has 0 radical (unpaired) electrons. The van der Waals surface area contributed by atoms with Gasteiger partial charge in [-0.05, 0) is 36.2 Å². The number of nitrogens with one attached hydrogen (secondary N) is 1. The second-order valence-corrected chi connectivity index (χ2v) is 9.27. The molecular formula is C24H30N2O6S. The zero-order valence-electron chi connectivity index (χ0n) is 19.2. The van der Waals surface area contributed by atoms with Crippen LogP contribution in [0, 0.1) is 0 Å². The van der Waals surface area contributed by atoms with Crippen molar-refractivity contribution >= 4 is 27.7 Å². The molecule has 0 saturated heterocycles. The summed E-state index contributed by atoms with van der Waals surface area (Å²) in [5.74, 6) is -1.64. The number of benzene rings is 2. The molecule has 9 heteroatoms. The van der Waals surface area contributed by atoms with Gasteiger partial charge in [0.1, 0.15) is 6.54 Å². The van der Waals surface area contributed by atoms with Crippen molar-refractivity contribution in [3.63, 3.8) is 0 Å². The van der Waals surface area contributed by atoms with Crippen LogP contribution < -0.4 is 5.32 Å². The Bertz CT molecular complexity index is 1060. The van der Waals surface area contributed by atoms with E-state index in [0.29, 0.717) is 18.7 Å². The monoisotopic (exact) mass is 474 g/mol. The Labute approximate surface area is 195 Å².